The first-order valence-electron chi connectivity index (χ1n) is 15.2. The molecule has 1 saturated heterocycles. The molecule has 4 aromatic rings. The lowest BCUT2D eigenvalue weighted by Crippen LogP contribution is -2.49. The van der Waals surface area contributed by atoms with Crippen molar-refractivity contribution in [3.05, 3.63) is 125 Å². The van der Waals surface area contributed by atoms with Crippen LogP contribution in [0.4, 0.5) is 0 Å². The zero-order valence-electron chi connectivity index (χ0n) is 26.1. The van der Waals surface area contributed by atoms with Crippen molar-refractivity contribution in [3.63, 3.8) is 0 Å². The third kappa shape index (κ3) is 8.86. The van der Waals surface area contributed by atoms with Gasteiger partial charge in [0.2, 0.25) is 5.75 Å². The minimum absolute atomic E-state index is 0.166. The van der Waals surface area contributed by atoms with Crippen LogP contribution >= 0.6 is 0 Å². The second-order valence-electron chi connectivity index (χ2n) is 12.0. The van der Waals surface area contributed by atoms with Gasteiger partial charge in [0.25, 0.3) is 5.91 Å². The van der Waals surface area contributed by atoms with E-state index in [0.29, 0.717) is 55.6 Å². The average Bonchev–Trinajstić information content (AvgIpc) is 3.06. The monoisotopic (exact) mass is 608 g/mol. The Hall–Kier alpha value is -4.82. The van der Waals surface area contributed by atoms with Gasteiger partial charge < -0.3 is 23.9 Å². The summed E-state index contributed by atoms with van der Waals surface area (Å²) in [6.45, 7) is 7.97. The molecule has 0 saturated carbocycles. The Morgan fingerprint density at radius 3 is 1.47 bits per heavy atom. The second kappa shape index (κ2) is 14.8. The van der Waals surface area contributed by atoms with Crippen LogP contribution in [-0.4, -0.2) is 48.0 Å². The van der Waals surface area contributed by atoms with Crippen molar-refractivity contribution < 1.29 is 28.6 Å². The molecule has 8 nitrogen and oxygen atoms in total. The number of hydrogen-bond acceptors (Lipinski definition) is 7. The molecule has 0 aliphatic carbocycles. The van der Waals surface area contributed by atoms with Crippen molar-refractivity contribution in [1.82, 2.24) is 9.96 Å². The number of nitrogens with zero attached hydrogens (tertiary/aromatic N) is 2. The van der Waals surface area contributed by atoms with Gasteiger partial charge in [0.15, 0.2) is 11.5 Å². The number of benzene rings is 4. The fraction of sp³-hybridized carbons (Fsp3) is 0.297. The number of piperazine rings is 1. The summed E-state index contributed by atoms with van der Waals surface area (Å²) in [5.41, 5.74) is 2.77. The molecule has 1 heterocycles. The van der Waals surface area contributed by atoms with Gasteiger partial charge in [-0.3, -0.25) is 4.79 Å². The molecule has 5 rings (SSSR count). The van der Waals surface area contributed by atoms with Gasteiger partial charge >= 0.3 is 5.97 Å². The average molecular weight is 609 g/mol. The lowest BCUT2D eigenvalue weighted by molar-refractivity contribution is -0.205. The second-order valence-corrected chi connectivity index (χ2v) is 12.0. The van der Waals surface area contributed by atoms with Crippen LogP contribution in [0.1, 0.15) is 47.8 Å². The molecule has 45 heavy (non-hydrogen) atoms. The van der Waals surface area contributed by atoms with E-state index in [2.05, 4.69) is 0 Å². The Morgan fingerprint density at radius 2 is 1.04 bits per heavy atom. The highest BCUT2D eigenvalue weighted by Gasteiger charge is 2.30. The largest absolute Gasteiger partial charge is 0.485 e. The molecule has 4 aromatic carbocycles. The maximum atomic E-state index is 13.9. The van der Waals surface area contributed by atoms with Crippen LogP contribution in [0.15, 0.2) is 103 Å². The summed E-state index contributed by atoms with van der Waals surface area (Å²) in [5.74, 6) is 0.804. The van der Waals surface area contributed by atoms with Gasteiger partial charge in [0, 0.05) is 18.7 Å². The molecule has 1 aliphatic heterocycles. The van der Waals surface area contributed by atoms with Crippen LogP contribution in [-0.2, 0) is 29.5 Å². The van der Waals surface area contributed by atoms with Crippen LogP contribution in [0.3, 0.4) is 0 Å². The maximum absolute atomic E-state index is 13.9. The number of rotatable bonds is 11. The summed E-state index contributed by atoms with van der Waals surface area (Å²) in [4.78, 5) is 33.6. The van der Waals surface area contributed by atoms with Crippen molar-refractivity contribution in [1.29, 1.82) is 0 Å². The quantitative estimate of drug-likeness (QED) is 0.188. The molecule has 0 radical (unpaired) electrons. The van der Waals surface area contributed by atoms with Gasteiger partial charge in [-0.15, -0.1) is 5.06 Å². The number of hydrogen-bond donors (Lipinski definition) is 0. The van der Waals surface area contributed by atoms with Gasteiger partial charge in [-0.2, -0.15) is 0 Å². The molecule has 0 N–H and O–H groups in total. The zero-order chi connectivity index (χ0) is 31.6. The third-order valence-electron chi connectivity index (χ3n) is 7.32. The van der Waals surface area contributed by atoms with E-state index >= 15 is 0 Å². The Bertz CT molecular complexity index is 1480. The third-order valence-corrected chi connectivity index (χ3v) is 7.32. The maximum Gasteiger partial charge on any atom is 0.330 e. The Balaban J connectivity index is 1.41. The van der Waals surface area contributed by atoms with E-state index in [1.807, 2.05) is 112 Å². The molecular formula is C37H40N2O6. The lowest BCUT2D eigenvalue weighted by Gasteiger charge is -2.34. The molecule has 1 fully saturated rings. The summed E-state index contributed by atoms with van der Waals surface area (Å²) in [6, 6.07) is 33.0. The summed E-state index contributed by atoms with van der Waals surface area (Å²) in [6.07, 6.45) is 0. The van der Waals surface area contributed by atoms with Crippen LogP contribution in [0.2, 0.25) is 0 Å². The molecule has 0 unspecified atom stereocenters. The van der Waals surface area contributed by atoms with Gasteiger partial charge in [-0.05, 0) is 49.6 Å². The Kier molecular flexibility index (Phi) is 10.4. The standard InChI is InChI=1S/C37H40N2O6/c1-37(2,3)36(41)45-39-21-19-38(20-22-39)35(40)31-23-32(42-25-28-13-7-4-8-14-28)34(44-27-30-17-11-6-12-18-30)33(24-31)43-26-29-15-9-5-10-16-29/h4-18,23-24H,19-22,25-27H2,1-3H3. The number of hydroxylamine groups is 2. The van der Waals surface area contributed by atoms with E-state index in [4.69, 9.17) is 19.0 Å². The molecule has 8 heteroatoms. The number of carbonyl (C=O) groups is 2. The van der Waals surface area contributed by atoms with Crippen LogP contribution in [0.25, 0.3) is 0 Å². The molecule has 0 spiro atoms. The summed E-state index contributed by atoms with van der Waals surface area (Å²) in [7, 11) is 0. The molecule has 234 valence electrons. The van der Waals surface area contributed by atoms with E-state index in [1.54, 1.807) is 22.1 Å². The first-order chi connectivity index (χ1) is 21.8. The van der Waals surface area contributed by atoms with Crippen molar-refractivity contribution in [3.8, 4) is 17.2 Å². The molecule has 1 aliphatic rings. The highest BCUT2D eigenvalue weighted by molar-refractivity contribution is 5.95. The first kappa shape index (κ1) is 31.6. The number of carbonyl (C=O) groups excluding carboxylic acids is 2. The summed E-state index contributed by atoms with van der Waals surface area (Å²) < 4.78 is 19.0. The van der Waals surface area contributed by atoms with E-state index in [0.717, 1.165) is 16.7 Å². The van der Waals surface area contributed by atoms with Crippen LogP contribution < -0.4 is 14.2 Å². The zero-order valence-corrected chi connectivity index (χ0v) is 26.1. The minimum Gasteiger partial charge on any atom is -0.485 e. The molecule has 1 amide bonds. The van der Waals surface area contributed by atoms with Crippen molar-refractivity contribution in [2.75, 3.05) is 26.2 Å². The Labute approximate surface area is 265 Å². The van der Waals surface area contributed by atoms with Gasteiger partial charge in [0.1, 0.15) is 19.8 Å². The topological polar surface area (TPSA) is 77.5 Å². The van der Waals surface area contributed by atoms with Crippen molar-refractivity contribution >= 4 is 11.9 Å². The predicted molar refractivity (Wildman–Crippen MR) is 172 cm³/mol. The van der Waals surface area contributed by atoms with E-state index in [1.165, 1.54) is 0 Å². The molecule has 0 atom stereocenters. The fourth-order valence-corrected chi connectivity index (χ4v) is 4.68. The van der Waals surface area contributed by atoms with E-state index < -0.39 is 5.41 Å². The van der Waals surface area contributed by atoms with Gasteiger partial charge in [-0.25, -0.2) is 4.79 Å². The minimum atomic E-state index is -0.608. The van der Waals surface area contributed by atoms with Crippen LogP contribution in [0.5, 0.6) is 17.2 Å². The molecule has 0 aromatic heterocycles. The highest BCUT2D eigenvalue weighted by atomic mass is 16.7. The highest BCUT2D eigenvalue weighted by Crippen LogP contribution is 2.41. The summed E-state index contributed by atoms with van der Waals surface area (Å²) >= 11 is 0. The first-order valence-corrected chi connectivity index (χ1v) is 15.2. The predicted octanol–water partition coefficient (Wildman–Crippen LogP) is 6.69. The smallest absolute Gasteiger partial charge is 0.330 e. The van der Waals surface area contributed by atoms with Gasteiger partial charge in [-0.1, -0.05) is 91.0 Å². The van der Waals surface area contributed by atoms with E-state index in [9.17, 15) is 9.59 Å². The van der Waals surface area contributed by atoms with Gasteiger partial charge in [0.05, 0.1) is 18.5 Å². The molecular weight excluding hydrogens is 568 g/mol. The fourth-order valence-electron chi connectivity index (χ4n) is 4.68. The number of amides is 1. The molecule has 0 bridgehead atoms. The van der Waals surface area contributed by atoms with Crippen LogP contribution in [0, 0.1) is 5.41 Å². The summed E-state index contributed by atoms with van der Waals surface area (Å²) in [5, 5.41) is 1.63. The van der Waals surface area contributed by atoms with Crippen molar-refractivity contribution in [2.24, 2.45) is 5.41 Å². The Morgan fingerprint density at radius 1 is 0.622 bits per heavy atom. The van der Waals surface area contributed by atoms with Crippen molar-refractivity contribution in [2.45, 2.75) is 40.6 Å². The number of ether oxygens (including phenoxy) is 3. The normalized spacial score (nSPS) is 13.6. The lowest BCUT2D eigenvalue weighted by atomic mass is 9.98. The SMILES string of the molecule is CC(C)(C)C(=O)ON1CCN(C(=O)c2cc(OCc3ccccc3)c(OCc3ccccc3)c(OCc3ccccc3)c2)CC1. The van der Waals surface area contributed by atoms with E-state index in [-0.39, 0.29) is 25.1 Å².